The van der Waals surface area contributed by atoms with Gasteiger partial charge in [-0.05, 0) is 75.2 Å². The Hall–Kier alpha value is -4.89. The van der Waals surface area contributed by atoms with Crippen molar-refractivity contribution in [2.45, 2.75) is 90.0 Å². The van der Waals surface area contributed by atoms with E-state index in [4.69, 9.17) is 16.4 Å². The number of hydrogen-bond donors (Lipinski definition) is 8. The van der Waals surface area contributed by atoms with Gasteiger partial charge in [-0.1, -0.05) is 31.1 Å². The second-order valence-electron chi connectivity index (χ2n) is 11.2. The Bertz CT molecular complexity index is 1250. The van der Waals surface area contributed by atoms with Gasteiger partial charge >= 0.3 is 5.97 Å². The minimum atomic E-state index is -1.26. The van der Waals surface area contributed by atoms with Crippen LogP contribution in [0.15, 0.2) is 29.4 Å². The number of azide groups is 1. The number of phenols is 1. The molecule has 0 unspecified atom stereocenters. The molecule has 0 heterocycles. The van der Waals surface area contributed by atoms with Crippen LogP contribution in [0, 0.1) is 5.92 Å². The zero-order valence-electron chi connectivity index (χ0n) is 26.5. The molecule has 0 aliphatic carbocycles. The van der Waals surface area contributed by atoms with Gasteiger partial charge in [0.25, 0.3) is 0 Å². The maximum absolute atomic E-state index is 13.7. The van der Waals surface area contributed by atoms with Crippen molar-refractivity contribution in [2.75, 3.05) is 13.1 Å². The fraction of sp³-hybridized carbons (Fsp3) is 0.586. The first-order valence-electron chi connectivity index (χ1n) is 14.9. The molecule has 0 saturated carbocycles. The van der Waals surface area contributed by atoms with Crippen molar-refractivity contribution in [1.82, 2.24) is 26.6 Å². The topological polar surface area (TPSA) is 278 Å². The van der Waals surface area contributed by atoms with Gasteiger partial charge in [0, 0.05) is 11.3 Å². The number of benzene rings is 1. The highest BCUT2D eigenvalue weighted by Crippen LogP contribution is 2.13. The molecular formula is C29H45N9O8. The summed E-state index contributed by atoms with van der Waals surface area (Å²) in [4.78, 5) is 78.5. The normalized spacial score (nSPS) is 14.0. The number of nitrogens with zero attached hydrogens (tertiary/aromatic N) is 3. The van der Waals surface area contributed by atoms with E-state index >= 15 is 0 Å². The van der Waals surface area contributed by atoms with Crippen LogP contribution in [0.4, 0.5) is 0 Å². The number of carboxylic acids is 1. The molecule has 5 atom stereocenters. The van der Waals surface area contributed by atoms with Crippen LogP contribution in [-0.4, -0.2) is 89.0 Å². The van der Waals surface area contributed by atoms with E-state index in [2.05, 4.69) is 36.6 Å². The maximum Gasteiger partial charge on any atom is 0.322 e. The van der Waals surface area contributed by atoms with Gasteiger partial charge < -0.3 is 42.5 Å². The van der Waals surface area contributed by atoms with Crippen LogP contribution in [0.25, 0.3) is 10.4 Å². The van der Waals surface area contributed by atoms with E-state index in [0.717, 1.165) is 0 Å². The van der Waals surface area contributed by atoms with Gasteiger partial charge in [0.1, 0.15) is 42.5 Å². The minimum absolute atomic E-state index is 0.0132. The first-order valence-corrected chi connectivity index (χ1v) is 14.9. The summed E-state index contributed by atoms with van der Waals surface area (Å²) >= 11 is 0. The van der Waals surface area contributed by atoms with Crippen molar-refractivity contribution in [3.05, 3.63) is 40.3 Å². The maximum atomic E-state index is 13.7. The Morgan fingerprint density at radius 2 is 1.39 bits per heavy atom. The third-order valence-electron chi connectivity index (χ3n) is 6.70. The minimum Gasteiger partial charge on any atom is -0.508 e. The predicted molar refractivity (Wildman–Crippen MR) is 167 cm³/mol. The lowest BCUT2D eigenvalue weighted by Gasteiger charge is -2.27. The van der Waals surface area contributed by atoms with Crippen LogP contribution in [0.3, 0.4) is 0 Å². The smallest absolute Gasteiger partial charge is 0.322 e. The van der Waals surface area contributed by atoms with E-state index in [1.165, 1.54) is 26.0 Å². The molecule has 0 aromatic heterocycles. The summed E-state index contributed by atoms with van der Waals surface area (Å²) in [7, 11) is 0. The Morgan fingerprint density at radius 3 is 1.96 bits per heavy atom. The lowest BCUT2D eigenvalue weighted by molar-refractivity contribution is -0.138. The number of nitrogens with one attached hydrogen (secondary N) is 5. The summed E-state index contributed by atoms with van der Waals surface area (Å²) in [5, 5.41) is 34.3. The summed E-state index contributed by atoms with van der Waals surface area (Å²) < 4.78 is 0. The number of hydrogen-bond acceptors (Lipinski definition) is 9. The number of carboxylic acid groups (broad SMARTS) is 1. The first-order chi connectivity index (χ1) is 21.7. The molecule has 17 heteroatoms. The molecule has 0 bridgehead atoms. The van der Waals surface area contributed by atoms with Crippen molar-refractivity contribution in [3.63, 3.8) is 0 Å². The molecule has 1 aromatic carbocycles. The van der Waals surface area contributed by atoms with Crippen molar-refractivity contribution < 1.29 is 39.0 Å². The molecular weight excluding hydrogens is 602 g/mol. The van der Waals surface area contributed by atoms with E-state index in [1.807, 2.05) is 13.8 Å². The van der Waals surface area contributed by atoms with Crippen LogP contribution in [0.2, 0.25) is 0 Å². The summed E-state index contributed by atoms with van der Waals surface area (Å²) in [6, 6.07) is 0.219. The highest BCUT2D eigenvalue weighted by Gasteiger charge is 2.31. The Balaban J connectivity index is 3.28. The SMILES string of the molecule is CC(C)C[C@H](NC(=O)[C@H](C)N=[N+]=[N-])C(=O)N[C@@H](Cc1ccc(O)cc1)C(=O)N[C@@H](CCCCN)C(=O)N[C@@H](C)C(=O)NCC(=O)O. The van der Waals surface area contributed by atoms with Gasteiger partial charge in [-0.25, -0.2) is 0 Å². The molecule has 17 nitrogen and oxygen atoms in total. The quantitative estimate of drug-likeness (QED) is 0.0408. The highest BCUT2D eigenvalue weighted by atomic mass is 16.4. The summed E-state index contributed by atoms with van der Waals surface area (Å²) in [5.74, 6) is -4.90. The number of nitrogens with two attached hydrogens (primary N) is 1. The van der Waals surface area contributed by atoms with Gasteiger partial charge in [0.2, 0.25) is 29.5 Å². The number of phenolic OH excluding ortho intramolecular Hbond substituents is 1. The first kappa shape index (κ1) is 39.1. The largest absolute Gasteiger partial charge is 0.508 e. The zero-order valence-corrected chi connectivity index (χ0v) is 26.5. The average Bonchev–Trinajstić information content (AvgIpc) is 2.99. The number of unbranched alkanes of at least 4 members (excludes halogenated alkanes) is 1. The van der Waals surface area contributed by atoms with Gasteiger partial charge in [-0.2, -0.15) is 0 Å². The van der Waals surface area contributed by atoms with Crippen molar-refractivity contribution >= 4 is 35.5 Å². The molecule has 0 fully saturated rings. The Morgan fingerprint density at radius 1 is 0.826 bits per heavy atom. The molecule has 0 aliphatic heterocycles. The molecule has 1 rings (SSSR count). The fourth-order valence-corrected chi connectivity index (χ4v) is 4.20. The van der Waals surface area contributed by atoms with Crippen molar-refractivity contribution in [3.8, 4) is 5.75 Å². The van der Waals surface area contributed by atoms with Gasteiger partial charge in [0.15, 0.2) is 0 Å². The van der Waals surface area contributed by atoms with E-state index in [1.54, 1.807) is 12.1 Å². The lowest BCUT2D eigenvalue weighted by Crippen LogP contribution is -2.59. The summed E-state index contributed by atoms with van der Waals surface area (Å²) in [6.07, 6.45) is 1.25. The fourth-order valence-electron chi connectivity index (χ4n) is 4.20. The van der Waals surface area contributed by atoms with Gasteiger partial charge in [-0.15, -0.1) is 0 Å². The molecule has 0 saturated heterocycles. The molecule has 46 heavy (non-hydrogen) atoms. The standard InChI is InChI=1S/C29H45N9O8/c1-16(2)13-22(35-26(43)18(4)37-38-31)28(45)36-23(14-19-8-10-20(39)11-9-19)29(46)34-21(7-5-6-12-30)27(44)33-17(3)25(42)32-15-24(40)41/h8-11,16-18,21-23,39H,5-7,12-15,30H2,1-4H3,(H,32,42)(H,33,44)(H,34,46)(H,35,43)(H,36,45)(H,40,41)/t17-,18-,21-,22-,23-/m0/s1. The zero-order chi connectivity index (χ0) is 34.8. The highest BCUT2D eigenvalue weighted by molar-refractivity contribution is 5.96. The summed E-state index contributed by atoms with van der Waals surface area (Å²) in [5.41, 5.74) is 14.8. The van der Waals surface area contributed by atoms with Crippen LogP contribution in [0.1, 0.15) is 58.9 Å². The molecule has 1 aromatic rings. The van der Waals surface area contributed by atoms with Crippen LogP contribution >= 0.6 is 0 Å². The number of aromatic hydroxyl groups is 1. The number of aliphatic carboxylic acids is 1. The van der Waals surface area contributed by atoms with Crippen LogP contribution < -0.4 is 32.3 Å². The second kappa shape index (κ2) is 20.2. The van der Waals surface area contributed by atoms with Crippen LogP contribution in [-0.2, 0) is 35.2 Å². The Labute approximate surface area is 267 Å². The number of carbonyl (C=O) groups excluding carboxylic acids is 5. The number of rotatable bonds is 20. The summed E-state index contributed by atoms with van der Waals surface area (Å²) in [6.45, 7) is 6.07. The van der Waals surface area contributed by atoms with E-state index < -0.39 is 72.3 Å². The van der Waals surface area contributed by atoms with Crippen molar-refractivity contribution in [2.24, 2.45) is 16.8 Å². The van der Waals surface area contributed by atoms with Crippen LogP contribution in [0.5, 0.6) is 5.75 Å². The van der Waals surface area contributed by atoms with Gasteiger partial charge in [-0.3, -0.25) is 28.8 Å². The Kier molecular flexibility index (Phi) is 17.2. The van der Waals surface area contributed by atoms with E-state index in [0.29, 0.717) is 24.9 Å². The van der Waals surface area contributed by atoms with E-state index in [-0.39, 0.29) is 30.9 Å². The molecule has 254 valence electrons. The third-order valence-corrected chi connectivity index (χ3v) is 6.70. The monoisotopic (exact) mass is 647 g/mol. The molecule has 0 spiro atoms. The number of carbonyl (C=O) groups is 6. The predicted octanol–water partition coefficient (Wildman–Crippen LogP) is -0.0315. The number of amides is 5. The molecule has 0 aliphatic rings. The average molecular weight is 648 g/mol. The molecule has 5 amide bonds. The second-order valence-corrected chi connectivity index (χ2v) is 11.2. The van der Waals surface area contributed by atoms with Crippen molar-refractivity contribution in [1.29, 1.82) is 0 Å². The molecule has 9 N–H and O–H groups in total. The van der Waals surface area contributed by atoms with Gasteiger partial charge in [0.05, 0.1) is 0 Å². The van der Waals surface area contributed by atoms with E-state index in [9.17, 15) is 33.9 Å². The lowest BCUT2D eigenvalue weighted by atomic mass is 10.00. The molecule has 0 radical (unpaired) electrons. The third kappa shape index (κ3) is 14.7.